The molecule has 244 valence electrons. The van der Waals surface area contributed by atoms with Crippen LogP contribution in [0.25, 0.3) is 0 Å². The molecule has 0 bridgehead atoms. The summed E-state index contributed by atoms with van der Waals surface area (Å²) in [5.41, 5.74) is 1.31. The Bertz CT molecular complexity index is 1570. The van der Waals surface area contributed by atoms with Gasteiger partial charge in [-0.2, -0.15) is 0 Å². The lowest BCUT2D eigenvalue weighted by Gasteiger charge is -2.36. The first-order valence-corrected chi connectivity index (χ1v) is 15.4. The van der Waals surface area contributed by atoms with E-state index in [2.05, 4.69) is 10.6 Å². The Morgan fingerprint density at radius 1 is 1.09 bits per heavy atom. The number of halogens is 1. The highest BCUT2D eigenvalue weighted by atomic mass is 19.1. The van der Waals surface area contributed by atoms with Crippen LogP contribution in [-0.4, -0.2) is 64.9 Å². The number of rotatable bonds is 7. The van der Waals surface area contributed by atoms with Gasteiger partial charge in [-0.05, 0) is 88.3 Å². The number of amides is 5. The van der Waals surface area contributed by atoms with Gasteiger partial charge in [0.1, 0.15) is 18.0 Å². The Morgan fingerprint density at radius 2 is 1.78 bits per heavy atom. The zero-order valence-corrected chi connectivity index (χ0v) is 26.5. The molecule has 12 heteroatoms. The van der Waals surface area contributed by atoms with Crippen LogP contribution in [0.2, 0.25) is 0 Å². The fraction of sp³-hybridized carbons (Fsp3) is 0.441. The van der Waals surface area contributed by atoms with Gasteiger partial charge in [-0.3, -0.25) is 9.59 Å². The van der Waals surface area contributed by atoms with E-state index in [1.54, 1.807) is 56.0 Å². The normalized spacial score (nSPS) is 20.7. The number of aryl methyl sites for hydroxylation is 1. The molecule has 46 heavy (non-hydrogen) atoms. The van der Waals surface area contributed by atoms with Crippen LogP contribution in [0, 0.1) is 5.82 Å². The Balaban J connectivity index is 1.32. The van der Waals surface area contributed by atoms with Crippen molar-refractivity contribution in [1.29, 1.82) is 0 Å². The number of nitrogens with one attached hydrogen (secondary N) is 2. The number of anilines is 1. The maximum atomic E-state index is 13.9. The minimum Gasteiger partial charge on any atom is -0.457 e. The van der Waals surface area contributed by atoms with E-state index in [9.17, 15) is 28.4 Å². The van der Waals surface area contributed by atoms with Gasteiger partial charge >= 0.3 is 18.1 Å². The van der Waals surface area contributed by atoms with Crippen molar-refractivity contribution in [2.75, 3.05) is 18.9 Å². The quantitative estimate of drug-likeness (QED) is 0.326. The summed E-state index contributed by atoms with van der Waals surface area (Å²) < 4.78 is 24.8. The lowest BCUT2D eigenvalue weighted by atomic mass is 9.89. The van der Waals surface area contributed by atoms with Gasteiger partial charge in [0.2, 0.25) is 11.5 Å². The van der Waals surface area contributed by atoms with Crippen molar-refractivity contribution in [2.45, 2.75) is 83.1 Å². The number of allylic oxidation sites excluding steroid dienone is 1. The monoisotopic (exact) mass is 634 g/mol. The topological polar surface area (TPSA) is 134 Å². The van der Waals surface area contributed by atoms with Crippen LogP contribution in [0.4, 0.5) is 19.7 Å². The van der Waals surface area contributed by atoms with Crippen molar-refractivity contribution in [1.82, 2.24) is 15.1 Å². The Kier molecular flexibility index (Phi) is 9.18. The molecule has 1 saturated heterocycles. The highest BCUT2D eigenvalue weighted by molar-refractivity contribution is 6.06. The average Bonchev–Trinajstić information content (AvgIpc) is 3.47. The van der Waals surface area contributed by atoms with Gasteiger partial charge in [0, 0.05) is 43.4 Å². The largest absolute Gasteiger partial charge is 0.457 e. The molecule has 1 saturated carbocycles. The first-order chi connectivity index (χ1) is 21.8. The smallest absolute Gasteiger partial charge is 0.418 e. The molecule has 11 nitrogen and oxygen atoms in total. The molecular weight excluding hydrogens is 595 g/mol. The van der Waals surface area contributed by atoms with Crippen LogP contribution < -0.4 is 10.6 Å². The molecule has 2 aliphatic carbocycles. The third-order valence-electron chi connectivity index (χ3n) is 8.49. The van der Waals surface area contributed by atoms with Gasteiger partial charge < -0.3 is 25.0 Å². The summed E-state index contributed by atoms with van der Waals surface area (Å²) in [4.78, 5) is 67.5. The highest BCUT2D eigenvalue weighted by Crippen LogP contribution is 2.46. The number of hydrogen-bond donors (Lipinski definition) is 2. The van der Waals surface area contributed by atoms with Crippen molar-refractivity contribution < 1.29 is 37.8 Å². The number of esters is 1. The van der Waals surface area contributed by atoms with Crippen LogP contribution in [0.3, 0.4) is 0 Å². The second-order valence-corrected chi connectivity index (χ2v) is 12.9. The molecule has 0 radical (unpaired) electrons. The van der Waals surface area contributed by atoms with Gasteiger partial charge in [-0.15, -0.1) is 0 Å². The molecule has 2 aromatic carbocycles. The number of benzene rings is 2. The molecule has 5 amide bonds. The zero-order valence-electron chi connectivity index (χ0n) is 26.5. The number of imide groups is 1. The van der Waals surface area contributed by atoms with E-state index in [1.807, 2.05) is 0 Å². The predicted molar refractivity (Wildman–Crippen MR) is 166 cm³/mol. The van der Waals surface area contributed by atoms with E-state index in [-0.39, 0.29) is 25.0 Å². The van der Waals surface area contributed by atoms with E-state index >= 15 is 0 Å². The van der Waals surface area contributed by atoms with Crippen molar-refractivity contribution in [2.24, 2.45) is 0 Å². The first-order valence-electron chi connectivity index (χ1n) is 15.4. The number of ether oxygens (including phenoxy) is 2. The molecule has 0 aromatic heterocycles. The van der Waals surface area contributed by atoms with Gasteiger partial charge in [-0.1, -0.05) is 23.8 Å². The number of carbonyl (C=O) groups excluding carboxylic acids is 5. The van der Waals surface area contributed by atoms with E-state index in [0.29, 0.717) is 48.9 Å². The summed E-state index contributed by atoms with van der Waals surface area (Å²) in [5, 5.41) is 5.17. The van der Waals surface area contributed by atoms with Gasteiger partial charge in [-0.25, -0.2) is 23.7 Å². The molecule has 2 aromatic rings. The molecule has 0 unspecified atom stereocenters. The fourth-order valence-electron chi connectivity index (χ4n) is 6.29. The average molecular weight is 635 g/mol. The second-order valence-electron chi connectivity index (χ2n) is 12.9. The molecule has 1 atom stereocenters. The summed E-state index contributed by atoms with van der Waals surface area (Å²) in [5.74, 6) is -1.86. The highest BCUT2D eigenvalue weighted by Gasteiger charge is 2.58. The molecule has 1 heterocycles. The van der Waals surface area contributed by atoms with Crippen LogP contribution in [0.15, 0.2) is 54.1 Å². The SMILES string of the molecule is CNC(=O)Nc1ccc2c(c1)CC[C@@]21OC(=O)N(CC(=O)N(Cc2ccc(F)cc2)C2CCC(=CC(=O)OC(C)(C)C)CC2)C1=O. The number of urea groups is 1. The van der Waals surface area contributed by atoms with E-state index < -0.39 is 47.4 Å². The van der Waals surface area contributed by atoms with Gasteiger partial charge in [0.05, 0.1) is 0 Å². The van der Waals surface area contributed by atoms with Crippen LogP contribution >= 0.6 is 0 Å². The molecule has 3 aliphatic rings. The van der Waals surface area contributed by atoms with Crippen molar-refractivity contribution in [3.05, 3.63) is 76.6 Å². The Labute approximate surface area is 267 Å². The molecule has 2 N–H and O–H groups in total. The zero-order chi connectivity index (χ0) is 33.2. The Hall–Kier alpha value is -4.74. The van der Waals surface area contributed by atoms with E-state index in [1.165, 1.54) is 25.3 Å². The van der Waals surface area contributed by atoms with Crippen LogP contribution in [-0.2, 0) is 42.4 Å². The van der Waals surface area contributed by atoms with Gasteiger partial charge in [0.15, 0.2) is 0 Å². The predicted octanol–water partition coefficient (Wildman–Crippen LogP) is 4.94. The minimum atomic E-state index is -1.54. The third-order valence-corrected chi connectivity index (χ3v) is 8.49. The standard InChI is InChI=1S/C34H39FN4O7/c1-33(2,3)45-29(41)17-21-7-12-26(13-8-21)38(19-22-5-9-24(35)10-6-22)28(40)20-39-30(42)34(46-32(39)44)16-15-23-18-25(11-14-27(23)34)37-31(43)36-4/h5-6,9-11,14,17-18,26H,7-8,12-13,15-16,19-20H2,1-4H3,(H2,36,37,43)/t26?,34-/m1/s1. The Morgan fingerprint density at radius 3 is 2.43 bits per heavy atom. The molecule has 5 rings (SSSR count). The second kappa shape index (κ2) is 12.9. The summed E-state index contributed by atoms with van der Waals surface area (Å²) >= 11 is 0. The summed E-state index contributed by atoms with van der Waals surface area (Å²) in [6.45, 7) is 5.05. The van der Waals surface area contributed by atoms with Crippen molar-refractivity contribution >= 4 is 35.6 Å². The summed E-state index contributed by atoms with van der Waals surface area (Å²) in [6, 6.07) is 10.2. The number of nitrogens with zero attached hydrogens (tertiary/aromatic N) is 2. The lowest BCUT2D eigenvalue weighted by molar-refractivity contribution is -0.148. The minimum absolute atomic E-state index is 0.154. The molecule has 2 fully saturated rings. The summed E-state index contributed by atoms with van der Waals surface area (Å²) in [7, 11) is 1.50. The number of hydrogen-bond acceptors (Lipinski definition) is 7. The maximum absolute atomic E-state index is 13.9. The van der Waals surface area contributed by atoms with Gasteiger partial charge in [0.25, 0.3) is 5.91 Å². The van der Waals surface area contributed by atoms with E-state index in [4.69, 9.17) is 9.47 Å². The lowest BCUT2D eigenvalue weighted by Crippen LogP contribution is -2.48. The van der Waals surface area contributed by atoms with Crippen molar-refractivity contribution in [3.8, 4) is 0 Å². The molecule has 1 spiro atoms. The summed E-state index contributed by atoms with van der Waals surface area (Å²) in [6.07, 6.45) is 3.53. The first kappa shape index (κ1) is 32.6. The maximum Gasteiger partial charge on any atom is 0.418 e. The van der Waals surface area contributed by atoms with Crippen molar-refractivity contribution in [3.63, 3.8) is 0 Å². The fourth-order valence-corrected chi connectivity index (χ4v) is 6.29. The number of carbonyl (C=O) groups is 5. The molecular formula is C34H39FN4O7. The number of fused-ring (bicyclic) bond motifs is 2. The third kappa shape index (κ3) is 7.05. The van der Waals surface area contributed by atoms with Crippen LogP contribution in [0.5, 0.6) is 0 Å². The van der Waals surface area contributed by atoms with E-state index in [0.717, 1.165) is 16.0 Å². The molecule has 1 aliphatic heterocycles. The van der Waals surface area contributed by atoms with Crippen LogP contribution in [0.1, 0.15) is 69.6 Å².